The highest BCUT2D eigenvalue weighted by Crippen LogP contribution is 2.76. The molecule has 5 aliphatic rings. The monoisotopic (exact) mass is 690 g/mol. The number of aliphatic hydroxyl groups excluding tert-OH is 4. The zero-order chi connectivity index (χ0) is 36.9. The number of fused-ring (bicyclic) bond motifs is 7. The van der Waals surface area contributed by atoms with Crippen LogP contribution in [0.25, 0.3) is 0 Å². The van der Waals surface area contributed by atoms with Crippen molar-refractivity contribution in [3.63, 3.8) is 0 Å². The summed E-state index contributed by atoms with van der Waals surface area (Å²) >= 11 is 0. The van der Waals surface area contributed by atoms with E-state index in [9.17, 15) is 34.8 Å². The van der Waals surface area contributed by atoms with Crippen molar-refractivity contribution >= 4 is 17.9 Å². The van der Waals surface area contributed by atoms with Crippen molar-refractivity contribution in [3.8, 4) is 0 Å². The molecule has 0 aromatic carbocycles. The molecule has 0 amide bonds. The van der Waals surface area contributed by atoms with Crippen molar-refractivity contribution in [2.75, 3.05) is 6.61 Å². The lowest BCUT2D eigenvalue weighted by molar-refractivity contribution is -0.294. The van der Waals surface area contributed by atoms with Gasteiger partial charge in [-0.05, 0) is 91.3 Å². The molecule has 10 nitrogen and oxygen atoms in total. The summed E-state index contributed by atoms with van der Waals surface area (Å²) in [5, 5.41) is 48.4. The van der Waals surface area contributed by atoms with E-state index in [4.69, 9.17) is 14.2 Å². The molecule has 0 aromatic rings. The van der Waals surface area contributed by atoms with Crippen LogP contribution in [-0.2, 0) is 28.6 Å². The first kappa shape index (κ1) is 38.2. The molecule has 278 valence electrons. The third kappa shape index (κ3) is 5.19. The minimum Gasteiger partial charge on any atom is -0.465 e. The molecule has 4 fully saturated rings. The third-order valence-electron chi connectivity index (χ3n) is 15.4. The largest absolute Gasteiger partial charge is 0.465 e. The second-order valence-electron chi connectivity index (χ2n) is 18.5. The Labute approximate surface area is 292 Å². The molecule has 49 heavy (non-hydrogen) atoms. The van der Waals surface area contributed by atoms with Crippen molar-refractivity contribution in [3.05, 3.63) is 11.6 Å². The van der Waals surface area contributed by atoms with Crippen molar-refractivity contribution < 1.29 is 49.0 Å². The number of esters is 3. The van der Waals surface area contributed by atoms with Gasteiger partial charge < -0.3 is 34.6 Å². The fourth-order valence-corrected chi connectivity index (χ4v) is 12.1. The van der Waals surface area contributed by atoms with Gasteiger partial charge in [-0.1, -0.05) is 67.0 Å². The smallest absolute Gasteiger partial charge is 0.350 e. The summed E-state index contributed by atoms with van der Waals surface area (Å²) in [6.07, 6.45) is 0.651. The van der Waals surface area contributed by atoms with E-state index in [1.807, 2.05) is 13.8 Å². The number of carbonyl (C=O) groups excluding carboxylic acids is 3. The lowest BCUT2D eigenvalue weighted by Gasteiger charge is -2.73. The summed E-state index contributed by atoms with van der Waals surface area (Å²) in [6.45, 7) is 20.0. The molecular formula is C39H62O10. The van der Waals surface area contributed by atoms with Crippen LogP contribution in [0, 0.1) is 50.2 Å². The second kappa shape index (κ2) is 12.0. The quantitative estimate of drug-likeness (QED) is 0.172. The van der Waals surface area contributed by atoms with Crippen LogP contribution < -0.4 is 0 Å². The Morgan fingerprint density at radius 2 is 1.51 bits per heavy atom. The summed E-state index contributed by atoms with van der Waals surface area (Å²) in [6, 6.07) is 0. The minimum atomic E-state index is -1.67. The molecule has 0 saturated heterocycles. The highest BCUT2D eigenvalue weighted by atomic mass is 16.6. The first-order valence-electron chi connectivity index (χ1n) is 18.4. The Kier molecular flexibility index (Phi) is 9.38. The number of aliphatic hydroxyl groups is 4. The number of hydrogen-bond acceptors (Lipinski definition) is 10. The average molecular weight is 691 g/mol. The summed E-state index contributed by atoms with van der Waals surface area (Å²) in [5.41, 5.74) is -4.89. The van der Waals surface area contributed by atoms with Crippen molar-refractivity contribution in [2.24, 2.45) is 50.2 Å². The molecule has 13 atom stereocenters. The van der Waals surface area contributed by atoms with E-state index in [2.05, 4.69) is 40.7 Å². The highest BCUT2D eigenvalue weighted by Gasteiger charge is 2.76. The molecule has 6 unspecified atom stereocenters. The van der Waals surface area contributed by atoms with Crippen molar-refractivity contribution in [1.29, 1.82) is 0 Å². The van der Waals surface area contributed by atoms with E-state index in [1.165, 1.54) is 20.8 Å². The maximum Gasteiger partial charge on any atom is 0.350 e. The molecule has 4 saturated carbocycles. The van der Waals surface area contributed by atoms with Gasteiger partial charge in [0.1, 0.15) is 12.7 Å². The SMILES string of the molecule is CCC(C)(OC(C)=O)C(=O)OC1C(O)C(C)(C)C[C@H]2C3=CC[C@@H]4[C@@]5(C)CCC(O)C(C)(C)[C@@H]5CC[C@@]4(C)[C@]3(C)C(O)C(O)[C@@]12COC(C)=O. The maximum atomic E-state index is 13.9. The van der Waals surface area contributed by atoms with Gasteiger partial charge in [-0.2, -0.15) is 0 Å². The van der Waals surface area contributed by atoms with Crippen LogP contribution in [0.2, 0.25) is 0 Å². The Morgan fingerprint density at radius 1 is 0.878 bits per heavy atom. The van der Waals surface area contributed by atoms with Crippen LogP contribution in [0.3, 0.4) is 0 Å². The molecule has 0 heterocycles. The highest BCUT2D eigenvalue weighted by molar-refractivity contribution is 5.82. The number of hydrogen-bond donors (Lipinski definition) is 4. The Balaban J connectivity index is 1.68. The van der Waals surface area contributed by atoms with E-state index in [1.54, 1.807) is 6.92 Å². The standard InChI is InChI=1S/C39H62O10/c1-12-37(10,49-22(3)41)32(46)48-31-30(45)33(4,5)19-24-23-13-14-26-35(8)17-16-27(42)34(6,7)25(35)15-18-36(26,9)38(23,11)28(43)29(44)39(24,31)20-47-21(2)40/h13,24-31,42-45H,12,14-20H2,1-11H3/t24-,25-,26+,27?,28?,29?,30?,31?,35-,36+,37?,38-,39-/m0/s1. The molecule has 10 heteroatoms. The van der Waals surface area contributed by atoms with Gasteiger partial charge in [0.25, 0.3) is 0 Å². The van der Waals surface area contributed by atoms with Gasteiger partial charge in [-0.25, -0.2) is 4.79 Å². The van der Waals surface area contributed by atoms with Crippen LogP contribution in [0.5, 0.6) is 0 Å². The molecule has 0 spiro atoms. The lowest BCUT2D eigenvalue weighted by Crippen LogP contribution is -2.76. The molecular weight excluding hydrogens is 628 g/mol. The van der Waals surface area contributed by atoms with E-state index in [0.29, 0.717) is 12.8 Å². The van der Waals surface area contributed by atoms with Gasteiger partial charge in [0, 0.05) is 19.3 Å². The fraction of sp³-hybridized carbons (Fsp3) is 0.872. The normalized spacial score (nSPS) is 46.3. The third-order valence-corrected chi connectivity index (χ3v) is 15.4. The molecule has 5 rings (SSSR count). The van der Waals surface area contributed by atoms with Gasteiger partial charge in [-0.3, -0.25) is 9.59 Å². The fourth-order valence-electron chi connectivity index (χ4n) is 12.1. The van der Waals surface area contributed by atoms with Gasteiger partial charge in [-0.15, -0.1) is 0 Å². The van der Waals surface area contributed by atoms with Crippen LogP contribution in [0.1, 0.15) is 121 Å². The molecule has 4 N–H and O–H groups in total. The Hall–Kier alpha value is -2.01. The van der Waals surface area contributed by atoms with Gasteiger partial charge in [0.15, 0.2) is 0 Å². The summed E-state index contributed by atoms with van der Waals surface area (Å²) in [5.74, 6) is -2.26. The number of ether oxygens (including phenoxy) is 3. The Morgan fingerprint density at radius 3 is 2.08 bits per heavy atom. The summed E-state index contributed by atoms with van der Waals surface area (Å²) < 4.78 is 17.3. The number of rotatable bonds is 6. The first-order chi connectivity index (χ1) is 22.4. The van der Waals surface area contributed by atoms with Gasteiger partial charge in [0.2, 0.25) is 5.60 Å². The average Bonchev–Trinajstić information content (AvgIpc) is 3.00. The predicted octanol–water partition coefficient (Wildman–Crippen LogP) is 4.88. The zero-order valence-corrected chi connectivity index (χ0v) is 31.6. The van der Waals surface area contributed by atoms with E-state index < -0.39 is 82.1 Å². The van der Waals surface area contributed by atoms with E-state index >= 15 is 0 Å². The number of allylic oxidation sites excluding steroid dienone is 1. The second-order valence-corrected chi connectivity index (χ2v) is 18.5. The topological polar surface area (TPSA) is 160 Å². The molecule has 0 aromatic heterocycles. The molecule has 5 aliphatic carbocycles. The minimum absolute atomic E-state index is 0.0970. The van der Waals surface area contributed by atoms with E-state index in [-0.39, 0.29) is 35.2 Å². The molecule has 0 radical (unpaired) electrons. The van der Waals surface area contributed by atoms with Crippen LogP contribution in [0.4, 0.5) is 0 Å². The van der Waals surface area contributed by atoms with Crippen LogP contribution >= 0.6 is 0 Å². The van der Waals surface area contributed by atoms with Crippen LogP contribution in [0.15, 0.2) is 11.6 Å². The van der Waals surface area contributed by atoms with E-state index in [0.717, 1.165) is 31.3 Å². The lowest BCUT2D eigenvalue weighted by atomic mass is 9.32. The van der Waals surface area contributed by atoms with Gasteiger partial charge >= 0.3 is 17.9 Å². The first-order valence-corrected chi connectivity index (χ1v) is 18.4. The van der Waals surface area contributed by atoms with Crippen molar-refractivity contribution in [2.45, 2.75) is 157 Å². The van der Waals surface area contributed by atoms with Gasteiger partial charge in [0.05, 0.1) is 29.8 Å². The number of carbonyl (C=O) groups is 3. The summed E-state index contributed by atoms with van der Waals surface area (Å²) in [4.78, 5) is 38.4. The molecule has 0 aliphatic heterocycles. The van der Waals surface area contributed by atoms with Crippen molar-refractivity contribution in [1.82, 2.24) is 0 Å². The zero-order valence-electron chi connectivity index (χ0n) is 31.6. The molecule has 0 bridgehead atoms. The maximum absolute atomic E-state index is 13.9. The predicted molar refractivity (Wildman–Crippen MR) is 182 cm³/mol. The van der Waals surface area contributed by atoms with Crippen LogP contribution in [-0.4, -0.2) is 81.1 Å². The Bertz CT molecular complexity index is 1390. The summed E-state index contributed by atoms with van der Waals surface area (Å²) in [7, 11) is 0.